The molecule has 2 amide bonds. The third-order valence-corrected chi connectivity index (χ3v) is 5.94. The van der Waals surface area contributed by atoms with E-state index >= 15 is 0 Å². The van der Waals surface area contributed by atoms with E-state index in [4.69, 9.17) is 16.3 Å². The zero-order valence-electron chi connectivity index (χ0n) is 24.1. The quantitative estimate of drug-likeness (QED) is 0.229. The Kier molecular flexibility index (Phi) is 11.3. The lowest BCUT2D eigenvalue weighted by Crippen LogP contribution is -2.33. The van der Waals surface area contributed by atoms with Crippen molar-refractivity contribution in [2.24, 2.45) is 16.1 Å². The van der Waals surface area contributed by atoms with Crippen LogP contribution in [0.4, 0.5) is 11.4 Å². The molecule has 3 aromatic rings. The summed E-state index contributed by atoms with van der Waals surface area (Å²) >= 11 is 6.12. The summed E-state index contributed by atoms with van der Waals surface area (Å²) < 4.78 is 6.73. The Bertz CT molecular complexity index is 1540. The number of rotatable bonds is 6. The van der Waals surface area contributed by atoms with Crippen molar-refractivity contribution in [1.29, 1.82) is 5.26 Å². The number of methoxy groups -OCH3 is 1. The number of azo groups is 1. The molecule has 10 heteroatoms. The summed E-state index contributed by atoms with van der Waals surface area (Å²) in [5.41, 5.74) is 0.631. The number of fused-ring (bicyclic) bond motifs is 1. The third-order valence-electron chi connectivity index (χ3n) is 5.71. The van der Waals surface area contributed by atoms with Crippen molar-refractivity contribution in [3.8, 4) is 17.6 Å². The normalized spacial score (nSPS) is 12.0. The Balaban J connectivity index is 0.00000134. The van der Waals surface area contributed by atoms with Gasteiger partial charge in [-0.1, -0.05) is 65.3 Å². The molecule has 0 bridgehead atoms. The summed E-state index contributed by atoms with van der Waals surface area (Å²) in [6, 6.07) is 13.2. The fraction of sp³-hybridized carbons (Fsp3) is 0.333. The number of benzene rings is 2. The summed E-state index contributed by atoms with van der Waals surface area (Å²) in [6.45, 7) is 13.7. The first-order valence-electron chi connectivity index (χ1n) is 13.1. The smallest absolute Gasteiger partial charge is 0.276 e. The van der Waals surface area contributed by atoms with Crippen LogP contribution in [0, 0.1) is 24.2 Å². The van der Waals surface area contributed by atoms with E-state index in [2.05, 4.69) is 10.2 Å². The average Bonchev–Trinajstić information content (AvgIpc) is 3.19. The topological polar surface area (TPSA) is 117 Å². The first kappa shape index (κ1) is 31.9. The number of ether oxygens (including phenoxy) is 1. The molecule has 40 heavy (non-hydrogen) atoms. The molecule has 0 atom stereocenters. The van der Waals surface area contributed by atoms with Crippen LogP contribution in [0.3, 0.4) is 0 Å². The molecule has 0 spiro atoms. The van der Waals surface area contributed by atoms with Gasteiger partial charge in [-0.05, 0) is 43.2 Å². The molecule has 1 aromatic heterocycles. The van der Waals surface area contributed by atoms with Crippen molar-refractivity contribution in [3.05, 3.63) is 80.1 Å². The summed E-state index contributed by atoms with van der Waals surface area (Å²) in [6.07, 6.45) is 0. The maximum Gasteiger partial charge on any atom is 0.276 e. The fourth-order valence-electron chi connectivity index (χ4n) is 4.07. The molecule has 0 unspecified atom stereocenters. The lowest BCUT2D eigenvalue weighted by molar-refractivity contribution is 0.0636. The van der Waals surface area contributed by atoms with Crippen LogP contribution >= 0.6 is 11.6 Å². The summed E-state index contributed by atoms with van der Waals surface area (Å²) in [4.78, 5) is 40.2. The number of halogens is 1. The Morgan fingerprint density at radius 2 is 1.65 bits per heavy atom. The second-order valence-corrected chi connectivity index (χ2v) is 9.04. The number of aromatic nitrogens is 1. The van der Waals surface area contributed by atoms with Gasteiger partial charge in [0, 0.05) is 17.1 Å². The summed E-state index contributed by atoms with van der Waals surface area (Å²) in [7, 11) is 1.37. The molecular weight excluding hydrogens is 530 g/mol. The maximum atomic E-state index is 13.2. The highest BCUT2D eigenvalue weighted by Crippen LogP contribution is 2.37. The zero-order valence-corrected chi connectivity index (χ0v) is 24.8. The SMILES string of the molecule is CC.CC.COc1c(N=Nc2cccc3c2C(=O)N(CC(C)C)C3=O)c(C)c(C#N)c(=O)n1-c1cccc(Cl)c1. The molecule has 0 radical (unpaired) electrons. The minimum absolute atomic E-state index is 0.0407. The third kappa shape index (κ3) is 6.13. The Labute approximate surface area is 239 Å². The molecule has 210 valence electrons. The van der Waals surface area contributed by atoms with E-state index in [-0.39, 0.29) is 57.9 Å². The number of hydrogen-bond acceptors (Lipinski definition) is 7. The number of nitriles is 1. The summed E-state index contributed by atoms with van der Waals surface area (Å²) in [5, 5.41) is 18.7. The van der Waals surface area contributed by atoms with Gasteiger partial charge in [0.25, 0.3) is 17.4 Å². The number of hydrogen-bond donors (Lipinski definition) is 0. The lowest BCUT2D eigenvalue weighted by Gasteiger charge is -2.16. The number of amides is 2. The van der Waals surface area contributed by atoms with Gasteiger partial charge in [0.2, 0.25) is 5.88 Å². The molecular formula is C30H34ClN5O4. The van der Waals surface area contributed by atoms with Gasteiger partial charge < -0.3 is 4.74 Å². The van der Waals surface area contributed by atoms with Crippen LogP contribution < -0.4 is 10.3 Å². The van der Waals surface area contributed by atoms with Crippen molar-refractivity contribution in [2.45, 2.75) is 48.5 Å². The predicted octanol–water partition coefficient (Wildman–Crippen LogP) is 7.40. The standard InChI is InChI=1S/C26H22ClN5O4.2C2H6/c1-14(2)13-31-23(33)18-9-6-10-20(21(18)25(31)35)29-30-22-15(3)19(12-28)24(34)32(26(22)36-4)17-8-5-7-16(27)11-17;2*1-2/h5-11,14H,13H2,1-4H3;2*1-2H3. The van der Waals surface area contributed by atoms with Crippen LogP contribution in [0.25, 0.3) is 5.69 Å². The van der Waals surface area contributed by atoms with Crippen molar-refractivity contribution < 1.29 is 14.3 Å². The van der Waals surface area contributed by atoms with Crippen LogP contribution in [0.1, 0.15) is 73.4 Å². The first-order valence-corrected chi connectivity index (χ1v) is 13.5. The molecule has 9 nitrogen and oxygen atoms in total. The van der Waals surface area contributed by atoms with Crippen LogP contribution in [-0.4, -0.2) is 34.9 Å². The molecule has 0 N–H and O–H groups in total. The van der Waals surface area contributed by atoms with Gasteiger partial charge in [0.1, 0.15) is 11.6 Å². The molecule has 2 aromatic carbocycles. The molecule has 2 heterocycles. The molecule has 1 aliphatic heterocycles. The van der Waals surface area contributed by atoms with Gasteiger partial charge in [-0.3, -0.25) is 19.3 Å². The van der Waals surface area contributed by atoms with Crippen LogP contribution in [-0.2, 0) is 0 Å². The average molecular weight is 564 g/mol. The zero-order chi connectivity index (χ0) is 30.1. The second-order valence-electron chi connectivity index (χ2n) is 8.60. The highest BCUT2D eigenvalue weighted by Gasteiger charge is 2.37. The summed E-state index contributed by atoms with van der Waals surface area (Å²) in [5.74, 6) is -0.681. The highest BCUT2D eigenvalue weighted by atomic mass is 35.5. The van der Waals surface area contributed by atoms with E-state index in [1.807, 2.05) is 47.6 Å². The molecule has 0 fully saturated rings. The van der Waals surface area contributed by atoms with E-state index in [0.717, 1.165) is 0 Å². The Morgan fingerprint density at radius 3 is 2.23 bits per heavy atom. The van der Waals surface area contributed by atoms with Gasteiger partial charge in [-0.15, -0.1) is 10.2 Å². The molecule has 0 aliphatic carbocycles. The van der Waals surface area contributed by atoms with Gasteiger partial charge in [0.15, 0.2) is 5.69 Å². The number of carbonyl (C=O) groups excluding carboxylic acids is 2. The Morgan fingerprint density at radius 1 is 1.00 bits per heavy atom. The van der Waals surface area contributed by atoms with Crippen LogP contribution in [0.5, 0.6) is 5.88 Å². The van der Waals surface area contributed by atoms with Crippen molar-refractivity contribution in [2.75, 3.05) is 13.7 Å². The van der Waals surface area contributed by atoms with E-state index in [9.17, 15) is 19.6 Å². The van der Waals surface area contributed by atoms with E-state index in [1.165, 1.54) is 16.6 Å². The van der Waals surface area contributed by atoms with Crippen LogP contribution in [0.2, 0.25) is 5.02 Å². The first-order chi connectivity index (χ1) is 19.2. The Hall–Kier alpha value is -4.29. The lowest BCUT2D eigenvalue weighted by atomic mass is 10.1. The number of imide groups is 1. The van der Waals surface area contributed by atoms with Crippen molar-refractivity contribution in [1.82, 2.24) is 9.47 Å². The minimum atomic E-state index is -0.598. The molecule has 0 saturated heterocycles. The molecule has 4 rings (SSSR count). The number of pyridine rings is 1. The van der Waals surface area contributed by atoms with Gasteiger partial charge in [0.05, 0.1) is 29.6 Å². The van der Waals surface area contributed by atoms with E-state index in [0.29, 0.717) is 10.7 Å². The van der Waals surface area contributed by atoms with Gasteiger partial charge >= 0.3 is 0 Å². The van der Waals surface area contributed by atoms with Crippen LogP contribution in [0.15, 0.2) is 57.5 Å². The van der Waals surface area contributed by atoms with E-state index in [1.54, 1.807) is 49.4 Å². The van der Waals surface area contributed by atoms with Crippen molar-refractivity contribution in [3.63, 3.8) is 0 Å². The molecule has 0 saturated carbocycles. The number of nitrogens with zero attached hydrogens (tertiary/aromatic N) is 5. The second kappa shape index (κ2) is 14.2. The largest absolute Gasteiger partial charge is 0.480 e. The predicted molar refractivity (Wildman–Crippen MR) is 157 cm³/mol. The fourth-order valence-corrected chi connectivity index (χ4v) is 4.25. The van der Waals surface area contributed by atoms with Crippen molar-refractivity contribution >= 4 is 34.8 Å². The monoisotopic (exact) mass is 563 g/mol. The van der Waals surface area contributed by atoms with E-state index < -0.39 is 11.5 Å². The van der Waals surface area contributed by atoms with Gasteiger partial charge in [-0.2, -0.15) is 5.26 Å². The van der Waals surface area contributed by atoms with Gasteiger partial charge in [-0.25, -0.2) is 4.57 Å². The minimum Gasteiger partial charge on any atom is -0.480 e. The highest BCUT2D eigenvalue weighted by molar-refractivity contribution is 6.30. The molecule has 1 aliphatic rings. The number of carbonyl (C=O) groups is 2. The maximum absolute atomic E-state index is 13.2.